The van der Waals surface area contributed by atoms with Crippen molar-refractivity contribution in [1.29, 1.82) is 0 Å². The molecular weight excluding hydrogens is 336 g/mol. The van der Waals surface area contributed by atoms with Crippen molar-refractivity contribution in [2.75, 3.05) is 11.1 Å². The van der Waals surface area contributed by atoms with E-state index in [1.54, 1.807) is 11.8 Å². The van der Waals surface area contributed by atoms with Gasteiger partial charge in [-0.25, -0.2) is 4.98 Å². The summed E-state index contributed by atoms with van der Waals surface area (Å²) in [6, 6.07) is 20.2. The van der Waals surface area contributed by atoms with Crippen LogP contribution in [0, 0.1) is 6.92 Å². The number of nitrogens with zero attached hydrogens (tertiary/aromatic N) is 1. The van der Waals surface area contributed by atoms with Crippen LogP contribution in [0.1, 0.15) is 10.4 Å². The fraction of sp³-hybridized carbons (Fsp3) is 0.158. The predicted molar refractivity (Wildman–Crippen MR) is 104 cm³/mol. The Morgan fingerprint density at radius 2 is 1.75 bits per heavy atom. The van der Waals surface area contributed by atoms with Gasteiger partial charge in [-0.3, -0.25) is 4.79 Å². The van der Waals surface area contributed by atoms with Crippen molar-refractivity contribution in [2.45, 2.75) is 12.7 Å². The summed E-state index contributed by atoms with van der Waals surface area (Å²) in [6.07, 6.45) is 0. The van der Waals surface area contributed by atoms with Gasteiger partial charge in [-0.2, -0.15) is 0 Å². The Kier molecular flexibility index (Phi) is 5.67. The maximum absolute atomic E-state index is 12.1. The summed E-state index contributed by atoms with van der Waals surface area (Å²) < 4.78 is 0. The molecule has 0 fully saturated rings. The second kappa shape index (κ2) is 8.13. The molecule has 0 saturated heterocycles. The molecular formula is C19H18N2OS2. The summed E-state index contributed by atoms with van der Waals surface area (Å²) in [7, 11) is 0. The van der Waals surface area contributed by atoms with Gasteiger partial charge in [0, 0.05) is 16.2 Å². The second-order valence-corrected chi connectivity index (χ2v) is 7.51. The lowest BCUT2D eigenvalue weighted by Gasteiger charge is -2.02. The number of nitrogens with one attached hydrogen (secondary N) is 1. The first-order valence-corrected chi connectivity index (χ1v) is 9.64. The summed E-state index contributed by atoms with van der Waals surface area (Å²) in [5.74, 6) is 1.25. The molecule has 0 atom stereocenters. The lowest BCUT2D eigenvalue weighted by Crippen LogP contribution is -2.13. The van der Waals surface area contributed by atoms with Crippen molar-refractivity contribution in [2.24, 2.45) is 0 Å². The number of carbonyl (C=O) groups excluding carboxylic acids is 1. The molecule has 1 amide bonds. The van der Waals surface area contributed by atoms with Crippen molar-refractivity contribution in [3.8, 4) is 11.3 Å². The number of amides is 1. The Hall–Kier alpha value is -2.11. The maximum atomic E-state index is 12.1. The summed E-state index contributed by atoms with van der Waals surface area (Å²) in [5, 5.41) is 3.57. The molecule has 0 spiro atoms. The highest BCUT2D eigenvalue weighted by atomic mass is 32.2. The molecule has 0 radical (unpaired) electrons. The number of thiazole rings is 1. The molecule has 0 aliphatic rings. The molecule has 2 aromatic carbocycles. The monoisotopic (exact) mass is 354 g/mol. The minimum Gasteiger partial charge on any atom is -0.301 e. The van der Waals surface area contributed by atoms with Crippen molar-refractivity contribution >= 4 is 34.1 Å². The third-order valence-corrected chi connectivity index (χ3v) is 5.32. The predicted octanol–water partition coefficient (Wildman–Crippen LogP) is 4.99. The maximum Gasteiger partial charge on any atom is 0.236 e. The smallest absolute Gasteiger partial charge is 0.236 e. The van der Waals surface area contributed by atoms with E-state index < -0.39 is 0 Å². The summed E-state index contributed by atoms with van der Waals surface area (Å²) in [5.41, 5.74) is 3.24. The molecule has 3 rings (SSSR count). The van der Waals surface area contributed by atoms with Crippen LogP contribution in [-0.4, -0.2) is 16.6 Å². The van der Waals surface area contributed by atoms with E-state index in [1.165, 1.54) is 16.9 Å². The topological polar surface area (TPSA) is 42.0 Å². The molecule has 5 heteroatoms. The van der Waals surface area contributed by atoms with Crippen molar-refractivity contribution in [3.05, 3.63) is 71.1 Å². The highest BCUT2D eigenvalue weighted by molar-refractivity contribution is 7.99. The van der Waals surface area contributed by atoms with E-state index in [-0.39, 0.29) is 5.91 Å². The standard InChI is InChI=1S/C19H18N2OS2/c1-14-18(16-10-6-3-7-11-16)21-19(24-14)20-17(22)13-23-12-15-8-4-2-5-9-15/h2-11H,12-13H2,1H3,(H,20,21,22). The van der Waals surface area contributed by atoms with Gasteiger partial charge in [-0.05, 0) is 12.5 Å². The van der Waals surface area contributed by atoms with E-state index in [2.05, 4.69) is 22.4 Å². The van der Waals surface area contributed by atoms with Gasteiger partial charge in [0.25, 0.3) is 0 Å². The first kappa shape index (κ1) is 16.7. The fourth-order valence-corrected chi connectivity index (χ4v) is 3.94. The van der Waals surface area contributed by atoms with Crippen LogP contribution in [0.2, 0.25) is 0 Å². The Morgan fingerprint density at radius 3 is 2.46 bits per heavy atom. The lowest BCUT2D eigenvalue weighted by atomic mass is 10.1. The molecule has 122 valence electrons. The zero-order valence-electron chi connectivity index (χ0n) is 13.4. The van der Waals surface area contributed by atoms with Crippen LogP contribution in [0.5, 0.6) is 0 Å². The number of hydrogen-bond acceptors (Lipinski definition) is 4. The largest absolute Gasteiger partial charge is 0.301 e. The quantitative estimate of drug-likeness (QED) is 0.678. The first-order valence-electron chi connectivity index (χ1n) is 7.67. The molecule has 3 nitrogen and oxygen atoms in total. The molecule has 0 aliphatic heterocycles. The fourth-order valence-electron chi connectivity index (χ4n) is 2.30. The number of anilines is 1. The van der Waals surface area contributed by atoms with Gasteiger partial charge in [0.2, 0.25) is 5.91 Å². The third kappa shape index (κ3) is 4.46. The Labute approximate surface area is 150 Å². The van der Waals surface area contributed by atoms with Crippen LogP contribution < -0.4 is 5.32 Å². The number of thioether (sulfide) groups is 1. The van der Waals surface area contributed by atoms with Crippen LogP contribution in [0.4, 0.5) is 5.13 Å². The molecule has 3 aromatic rings. The van der Waals surface area contributed by atoms with Gasteiger partial charge in [0.15, 0.2) is 5.13 Å². The number of rotatable bonds is 6. The van der Waals surface area contributed by atoms with E-state index in [9.17, 15) is 4.79 Å². The number of benzene rings is 2. The van der Waals surface area contributed by atoms with Gasteiger partial charge in [-0.1, -0.05) is 60.7 Å². The van der Waals surface area contributed by atoms with Crippen LogP contribution in [0.3, 0.4) is 0 Å². The molecule has 0 bridgehead atoms. The number of hydrogen-bond donors (Lipinski definition) is 1. The summed E-state index contributed by atoms with van der Waals surface area (Å²) in [6.45, 7) is 2.03. The van der Waals surface area contributed by atoms with Gasteiger partial charge in [0.1, 0.15) is 0 Å². The normalized spacial score (nSPS) is 10.5. The zero-order valence-corrected chi connectivity index (χ0v) is 15.0. The number of carbonyl (C=O) groups is 1. The highest BCUT2D eigenvalue weighted by Gasteiger charge is 2.11. The van der Waals surface area contributed by atoms with Crippen LogP contribution in [0.25, 0.3) is 11.3 Å². The molecule has 0 saturated carbocycles. The lowest BCUT2D eigenvalue weighted by molar-refractivity contribution is -0.113. The highest BCUT2D eigenvalue weighted by Crippen LogP contribution is 2.30. The van der Waals surface area contributed by atoms with E-state index in [1.807, 2.05) is 55.5 Å². The van der Waals surface area contributed by atoms with E-state index in [4.69, 9.17) is 0 Å². The Morgan fingerprint density at radius 1 is 1.08 bits per heavy atom. The SMILES string of the molecule is Cc1sc(NC(=O)CSCc2ccccc2)nc1-c1ccccc1. The third-order valence-electron chi connectivity index (χ3n) is 3.43. The minimum atomic E-state index is -0.00991. The first-order chi connectivity index (χ1) is 11.7. The second-order valence-electron chi connectivity index (χ2n) is 5.32. The van der Waals surface area contributed by atoms with Gasteiger partial charge in [-0.15, -0.1) is 23.1 Å². The van der Waals surface area contributed by atoms with Gasteiger partial charge < -0.3 is 5.32 Å². The van der Waals surface area contributed by atoms with Gasteiger partial charge in [0.05, 0.1) is 11.4 Å². The zero-order chi connectivity index (χ0) is 16.8. The van der Waals surface area contributed by atoms with Crippen LogP contribution in [-0.2, 0) is 10.5 Å². The average Bonchev–Trinajstić information content (AvgIpc) is 2.97. The van der Waals surface area contributed by atoms with E-state index in [0.29, 0.717) is 10.9 Å². The molecule has 1 aromatic heterocycles. The number of aryl methyl sites for hydroxylation is 1. The van der Waals surface area contributed by atoms with E-state index >= 15 is 0 Å². The molecule has 0 unspecified atom stereocenters. The molecule has 1 N–H and O–H groups in total. The van der Waals surface area contributed by atoms with Gasteiger partial charge >= 0.3 is 0 Å². The molecule has 1 heterocycles. The van der Waals surface area contributed by atoms with Crippen LogP contribution >= 0.6 is 23.1 Å². The van der Waals surface area contributed by atoms with E-state index in [0.717, 1.165) is 21.9 Å². The van der Waals surface area contributed by atoms with Crippen molar-refractivity contribution < 1.29 is 4.79 Å². The average molecular weight is 355 g/mol. The summed E-state index contributed by atoms with van der Waals surface area (Å²) in [4.78, 5) is 17.8. The molecule has 0 aliphatic carbocycles. The number of aromatic nitrogens is 1. The van der Waals surface area contributed by atoms with Crippen LogP contribution in [0.15, 0.2) is 60.7 Å². The Bertz CT molecular complexity index is 801. The van der Waals surface area contributed by atoms with Crippen molar-refractivity contribution in [1.82, 2.24) is 4.98 Å². The minimum absolute atomic E-state index is 0.00991. The van der Waals surface area contributed by atoms with Crippen molar-refractivity contribution in [3.63, 3.8) is 0 Å². The summed E-state index contributed by atoms with van der Waals surface area (Å²) >= 11 is 3.12. The Balaban J connectivity index is 1.55. The molecule has 24 heavy (non-hydrogen) atoms.